The van der Waals surface area contributed by atoms with Crippen molar-refractivity contribution in [1.82, 2.24) is 0 Å². The summed E-state index contributed by atoms with van der Waals surface area (Å²) in [7, 11) is 0. The van der Waals surface area contributed by atoms with Crippen LogP contribution in [0.25, 0.3) is 0 Å². The van der Waals surface area contributed by atoms with E-state index in [0.29, 0.717) is 5.56 Å². The van der Waals surface area contributed by atoms with Crippen molar-refractivity contribution in [2.45, 2.75) is 6.10 Å². The molecule has 6 heteroatoms. The Morgan fingerprint density at radius 2 is 2.11 bits per heavy atom. The van der Waals surface area contributed by atoms with Gasteiger partial charge in [-0.1, -0.05) is 18.2 Å². The number of carboxylic acids is 1. The second kappa shape index (κ2) is 6.31. The molecule has 1 heterocycles. The molecule has 1 aliphatic rings. The van der Waals surface area contributed by atoms with Crippen LogP contribution in [0.4, 0.5) is 0 Å². The summed E-state index contributed by atoms with van der Waals surface area (Å²) in [5, 5.41) is 9.09. The van der Waals surface area contributed by atoms with Crippen molar-refractivity contribution in [3.05, 3.63) is 35.9 Å². The molecular formula is C13H14O6. The third-order valence-corrected chi connectivity index (χ3v) is 2.82. The minimum absolute atomic E-state index is 0.0705. The number of carbonyl (C=O) groups is 2. The Morgan fingerprint density at radius 1 is 1.37 bits per heavy atom. The maximum Gasteiger partial charge on any atom is 0.338 e. The first-order valence-corrected chi connectivity index (χ1v) is 5.83. The number of carboxylic acid groups (broad SMARTS) is 1. The Bertz CT molecular complexity index is 438. The number of hydrogen-bond acceptors (Lipinski definition) is 5. The lowest BCUT2D eigenvalue weighted by Crippen LogP contribution is -2.34. The predicted octanol–water partition coefficient (Wildman–Crippen LogP) is 0.917. The summed E-state index contributed by atoms with van der Waals surface area (Å²) in [6.45, 7) is 0.0258. The molecule has 102 valence electrons. The highest BCUT2D eigenvalue weighted by Crippen LogP contribution is 2.16. The number of carbonyl (C=O) groups excluding carboxylic acids is 1. The van der Waals surface area contributed by atoms with Crippen molar-refractivity contribution in [2.24, 2.45) is 5.92 Å². The highest BCUT2D eigenvalue weighted by Gasteiger charge is 2.33. The fraction of sp³-hybridized carbons (Fsp3) is 0.385. The first kappa shape index (κ1) is 13.5. The molecule has 0 aromatic heterocycles. The van der Waals surface area contributed by atoms with E-state index in [2.05, 4.69) is 0 Å². The van der Waals surface area contributed by atoms with Gasteiger partial charge in [0, 0.05) is 0 Å². The van der Waals surface area contributed by atoms with Crippen LogP contribution in [-0.4, -0.2) is 43.2 Å². The zero-order valence-corrected chi connectivity index (χ0v) is 10.2. The number of rotatable bonds is 5. The van der Waals surface area contributed by atoms with Crippen LogP contribution in [0.1, 0.15) is 10.4 Å². The summed E-state index contributed by atoms with van der Waals surface area (Å²) < 4.78 is 15.1. The van der Waals surface area contributed by atoms with E-state index in [1.54, 1.807) is 30.3 Å². The summed E-state index contributed by atoms with van der Waals surface area (Å²) in [6.07, 6.45) is -0.582. The number of esters is 1. The summed E-state index contributed by atoms with van der Waals surface area (Å²) in [5.41, 5.74) is 0.384. The quantitative estimate of drug-likeness (QED) is 0.798. The molecule has 0 unspecified atom stereocenters. The van der Waals surface area contributed by atoms with E-state index in [9.17, 15) is 9.59 Å². The third kappa shape index (κ3) is 3.52. The van der Waals surface area contributed by atoms with Gasteiger partial charge in [-0.05, 0) is 12.1 Å². The molecule has 1 N–H and O–H groups in total. The molecular weight excluding hydrogens is 252 g/mol. The van der Waals surface area contributed by atoms with Gasteiger partial charge in [0.15, 0.2) is 0 Å². The molecule has 1 aromatic rings. The number of ether oxygens (including phenoxy) is 3. The van der Waals surface area contributed by atoms with E-state index >= 15 is 0 Å². The van der Waals surface area contributed by atoms with E-state index in [0.717, 1.165) is 0 Å². The smallest absolute Gasteiger partial charge is 0.338 e. The van der Waals surface area contributed by atoms with Crippen molar-refractivity contribution in [2.75, 3.05) is 20.0 Å². The number of benzene rings is 1. The molecule has 0 aliphatic carbocycles. The van der Waals surface area contributed by atoms with E-state index in [1.165, 1.54) is 0 Å². The van der Waals surface area contributed by atoms with Gasteiger partial charge in [0.2, 0.25) is 0 Å². The summed E-state index contributed by atoms with van der Waals surface area (Å²) in [6, 6.07) is 8.40. The lowest BCUT2D eigenvalue weighted by atomic mass is 10.0. The molecule has 0 amide bonds. The molecule has 0 bridgehead atoms. The average Bonchev–Trinajstić information content (AvgIpc) is 2.93. The van der Waals surface area contributed by atoms with E-state index in [-0.39, 0.29) is 20.0 Å². The second-order valence-corrected chi connectivity index (χ2v) is 4.10. The molecule has 0 spiro atoms. The van der Waals surface area contributed by atoms with Crippen molar-refractivity contribution in [1.29, 1.82) is 0 Å². The summed E-state index contributed by atoms with van der Waals surface area (Å²) >= 11 is 0. The Kier molecular flexibility index (Phi) is 4.48. The van der Waals surface area contributed by atoms with Gasteiger partial charge in [-0.2, -0.15) is 0 Å². The Balaban J connectivity index is 1.92. The van der Waals surface area contributed by atoms with Crippen molar-refractivity contribution >= 4 is 11.9 Å². The van der Waals surface area contributed by atoms with Crippen LogP contribution in [0.5, 0.6) is 0 Å². The zero-order chi connectivity index (χ0) is 13.7. The molecule has 6 nitrogen and oxygen atoms in total. The second-order valence-electron chi connectivity index (χ2n) is 4.10. The van der Waals surface area contributed by atoms with Gasteiger partial charge in [-0.3, -0.25) is 4.79 Å². The van der Waals surface area contributed by atoms with Crippen LogP contribution >= 0.6 is 0 Å². The van der Waals surface area contributed by atoms with Crippen LogP contribution in [-0.2, 0) is 19.0 Å². The van der Waals surface area contributed by atoms with Crippen LogP contribution in [0.15, 0.2) is 30.3 Å². The molecule has 1 saturated heterocycles. The maximum atomic E-state index is 11.7. The van der Waals surface area contributed by atoms with Crippen molar-refractivity contribution < 1.29 is 28.9 Å². The van der Waals surface area contributed by atoms with Gasteiger partial charge in [-0.25, -0.2) is 4.79 Å². The van der Waals surface area contributed by atoms with Gasteiger partial charge in [0.25, 0.3) is 0 Å². The molecule has 0 radical (unpaired) electrons. The first-order chi connectivity index (χ1) is 9.18. The predicted molar refractivity (Wildman–Crippen MR) is 63.5 cm³/mol. The van der Waals surface area contributed by atoms with E-state index in [4.69, 9.17) is 19.3 Å². The maximum absolute atomic E-state index is 11.7. The van der Waals surface area contributed by atoms with Crippen LogP contribution < -0.4 is 0 Å². The fourth-order valence-electron chi connectivity index (χ4n) is 1.74. The lowest BCUT2D eigenvalue weighted by molar-refractivity contribution is -0.147. The molecule has 19 heavy (non-hydrogen) atoms. The normalized spacial score (nSPS) is 19.9. The minimum atomic E-state index is -1.07. The SMILES string of the molecule is O=C(OC[C@@H](C(=O)O)[C@@H]1COCO1)c1ccccc1. The molecule has 1 fully saturated rings. The van der Waals surface area contributed by atoms with Gasteiger partial charge in [-0.15, -0.1) is 0 Å². The largest absolute Gasteiger partial charge is 0.481 e. The standard InChI is InChI=1S/C13H14O6/c14-12(15)10(11-7-17-8-19-11)6-18-13(16)9-4-2-1-3-5-9/h1-5,10-11H,6-8H2,(H,14,15)/t10-,11+/m1/s1. The van der Waals surface area contributed by atoms with E-state index < -0.39 is 24.0 Å². The molecule has 2 atom stereocenters. The highest BCUT2D eigenvalue weighted by molar-refractivity contribution is 5.89. The lowest BCUT2D eigenvalue weighted by Gasteiger charge is -2.17. The first-order valence-electron chi connectivity index (χ1n) is 5.83. The van der Waals surface area contributed by atoms with Gasteiger partial charge in [0.05, 0.1) is 12.2 Å². The highest BCUT2D eigenvalue weighted by atomic mass is 16.7. The topological polar surface area (TPSA) is 82.1 Å². The zero-order valence-electron chi connectivity index (χ0n) is 10.2. The van der Waals surface area contributed by atoms with Crippen LogP contribution in [0.2, 0.25) is 0 Å². The van der Waals surface area contributed by atoms with Gasteiger partial charge >= 0.3 is 11.9 Å². The van der Waals surface area contributed by atoms with Crippen molar-refractivity contribution in [3.8, 4) is 0 Å². The molecule has 2 rings (SSSR count). The fourth-order valence-corrected chi connectivity index (χ4v) is 1.74. The number of hydrogen-bond donors (Lipinski definition) is 1. The Labute approximate surface area is 109 Å². The monoisotopic (exact) mass is 266 g/mol. The Hall–Kier alpha value is -1.92. The summed E-state index contributed by atoms with van der Waals surface area (Å²) in [5.74, 6) is -2.54. The minimum Gasteiger partial charge on any atom is -0.481 e. The van der Waals surface area contributed by atoms with Gasteiger partial charge < -0.3 is 19.3 Å². The molecule has 1 aromatic carbocycles. The average molecular weight is 266 g/mol. The van der Waals surface area contributed by atoms with Crippen LogP contribution in [0.3, 0.4) is 0 Å². The van der Waals surface area contributed by atoms with Gasteiger partial charge in [0.1, 0.15) is 25.4 Å². The molecule has 0 saturated carbocycles. The van der Waals surface area contributed by atoms with E-state index in [1.807, 2.05) is 0 Å². The molecule has 1 aliphatic heterocycles. The summed E-state index contributed by atoms with van der Waals surface area (Å²) in [4.78, 5) is 22.8. The van der Waals surface area contributed by atoms with Crippen LogP contribution in [0, 0.1) is 5.92 Å². The van der Waals surface area contributed by atoms with Crippen molar-refractivity contribution in [3.63, 3.8) is 0 Å². The number of aliphatic carboxylic acids is 1. The Morgan fingerprint density at radius 3 is 2.68 bits per heavy atom. The third-order valence-electron chi connectivity index (χ3n) is 2.82.